The van der Waals surface area contributed by atoms with Crippen LogP contribution in [0.2, 0.25) is 0 Å². The normalized spacial score (nSPS) is 17.0. The highest BCUT2D eigenvalue weighted by atomic mass is 32.2. The lowest BCUT2D eigenvalue weighted by Crippen LogP contribution is -2.48. The van der Waals surface area contributed by atoms with E-state index < -0.39 is 0 Å². The SMILES string of the molecule is CC(C)N1CCN(CCCSc2cc(C#N)ccn2)CC1. The Morgan fingerprint density at radius 3 is 2.76 bits per heavy atom. The van der Waals surface area contributed by atoms with Crippen molar-refractivity contribution in [2.75, 3.05) is 38.5 Å². The zero-order valence-corrected chi connectivity index (χ0v) is 13.8. The quantitative estimate of drug-likeness (QED) is 0.596. The van der Waals surface area contributed by atoms with Crippen molar-refractivity contribution in [2.45, 2.75) is 31.3 Å². The molecule has 1 aromatic rings. The molecular formula is C16H24N4S. The van der Waals surface area contributed by atoms with Gasteiger partial charge in [-0.05, 0) is 38.9 Å². The predicted octanol–water partition coefficient (Wildman–Crippen LogP) is 2.46. The Morgan fingerprint density at radius 1 is 1.33 bits per heavy atom. The minimum absolute atomic E-state index is 0.668. The predicted molar refractivity (Wildman–Crippen MR) is 87.4 cm³/mol. The number of thioether (sulfide) groups is 1. The summed E-state index contributed by atoms with van der Waals surface area (Å²) < 4.78 is 0. The number of hydrogen-bond acceptors (Lipinski definition) is 5. The molecule has 21 heavy (non-hydrogen) atoms. The van der Waals surface area contributed by atoms with Crippen LogP contribution in [0.3, 0.4) is 0 Å². The number of nitriles is 1. The smallest absolute Gasteiger partial charge is 0.0993 e. The van der Waals surface area contributed by atoms with Gasteiger partial charge in [0.05, 0.1) is 16.7 Å². The lowest BCUT2D eigenvalue weighted by molar-refractivity contribution is 0.109. The molecule has 1 saturated heterocycles. The maximum atomic E-state index is 8.87. The number of nitrogens with zero attached hydrogens (tertiary/aromatic N) is 4. The second kappa shape index (κ2) is 8.38. The van der Waals surface area contributed by atoms with Crippen LogP contribution in [0.1, 0.15) is 25.8 Å². The number of aromatic nitrogens is 1. The number of rotatable bonds is 6. The average molecular weight is 304 g/mol. The molecule has 1 aliphatic rings. The van der Waals surface area contributed by atoms with E-state index in [0.717, 1.165) is 17.3 Å². The van der Waals surface area contributed by atoms with Crippen molar-refractivity contribution < 1.29 is 0 Å². The molecule has 2 rings (SSSR count). The lowest BCUT2D eigenvalue weighted by Gasteiger charge is -2.36. The van der Waals surface area contributed by atoms with E-state index in [-0.39, 0.29) is 0 Å². The van der Waals surface area contributed by atoms with Crippen LogP contribution in [0.5, 0.6) is 0 Å². The molecule has 114 valence electrons. The van der Waals surface area contributed by atoms with Crippen LogP contribution in [-0.2, 0) is 0 Å². The summed E-state index contributed by atoms with van der Waals surface area (Å²) in [5.41, 5.74) is 0.692. The van der Waals surface area contributed by atoms with Crippen molar-refractivity contribution in [1.29, 1.82) is 5.26 Å². The van der Waals surface area contributed by atoms with Gasteiger partial charge in [-0.2, -0.15) is 5.26 Å². The van der Waals surface area contributed by atoms with Crippen molar-refractivity contribution in [3.05, 3.63) is 23.9 Å². The van der Waals surface area contributed by atoms with Crippen LogP contribution < -0.4 is 0 Å². The molecule has 0 unspecified atom stereocenters. The Hall–Kier alpha value is -1.09. The highest BCUT2D eigenvalue weighted by Crippen LogP contribution is 2.17. The van der Waals surface area contributed by atoms with Crippen LogP contribution in [0.25, 0.3) is 0 Å². The van der Waals surface area contributed by atoms with Gasteiger partial charge in [0, 0.05) is 44.2 Å². The van der Waals surface area contributed by atoms with E-state index in [1.54, 1.807) is 24.0 Å². The third kappa shape index (κ3) is 5.31. The molecule has 0 amide bonds. The van der Waals surface area contributed by atoms with Gasteiger partial charge in [-0.25, -0.2) is 4.98 Å². The molecular weight excluding hydrogens is 280 g/mol. The third-order valence-electron chi connectivity index (χ3n) is 3.87. The zero-order chi connectivity index (χ0) is 15.1. The van der Waals surface area contributed by atoms with Gasteiger partial charge < -0.3 is 4.90 Å². The molecule has 0 aromatic carbocycles. The molecule has 0 spiro atoms. The molecule has 2 heterocycles. The minimum Gasteiger partial charge on any atom is -0.301 e. The topological polar surface area (TPSA) is 43.2 Å². The number of pyridine rings is 1. The molecule has 4 nitrogen and oxygen atoms in total. The molecule has 0 radical (unpaired) electrons. The number of piperazine rings is 1. The van der Waals surface area contributed by atoms with Crippen molar-refractivity contribution in [2.24, 2.45) is 0 Å². The molecule has 1 aliphatic heterocycles. The first-order valence-electron chi connectivity index (χ1n) is 7.64. The molecule has 0 aliphatic carbocycles. The maximum absolute atomic E-state index is 8.87. The Morgan fingerprint density at radius 2 is 2.10 bits per heavy atom. The second-order valence-electron chi connectivity index (χ2n) is 5.67. The Labute approximate surface area is 132 Å². The van der Waals surface area contributed by atoms with Gasteiger partial charge in [0.1, 0.15) is 0 Å². The van der Waals surface area contributed by atoms with Crippen molar-refractivity contribution in [1.82, 2.24) is 14.8 Å². The van der Waals surface area contributed by atoms with E-state index in [4.69, 9.17) is 5.26 Å². The number of hydrogen-bond donors (Lipinski definition) is 0. The Bertz CT molecular complexity index is 475. The molecule has 0 bridgehead atoms. The van der Waals surface area contributed by atoms with Gasteiger partial charge in [-0.1, -0.05) is 0 Å². The Balaban J connectivity index is 1.63. The van der Waals surface area contributed by atoms with E-state index in [9.17, 15) is 0 Å². The van der Waals surface area contributed by atoms with Gasteiger partial charge in [0.15, 0.2) is 0 Å². The summed E-state index contributed by atoms with van der Waals surface area (Å²) >= 11 is 1.74. The molecule has 0 N–H and O–H groups in total. The van der Waals surface area contributed by atoms with Gasteiger partial charge in [0.25, 0.3) is 0 Å². The second-order valence-corrected chi connectivity index (χ2v) is 6.78. The van der Waals surface area contributed by atoms with Crippen molar-refractivity contribution >= 4 is 11.8 Å². The molecule has 5 heteroatoms. The Kier molecular flexibility index (Phi) is 6.50. The summed E-state index contributed by atoms with van der Waals surface area (Å²) in [5, 5.41) is 9.82. The summed E-state index contributed by atoms with van der Waals surface area (Å²) in [6, 6.07) is 6.44. The van der Waals surface area contributed by atoms with Crippen LogP contribution in [0.4, 0.5) is 0 Å². The molecule has 0 saturated carbocycles. The molecule has 1 aromatic heterocycles. The largest absolute Gasteiger partial charge is 0.301 e. The third-order valence-corrected chi connectivity index (χ3v) is 4.88. The highest BCUT2D eigenvalue weighted by Gasteiger charge is 2.17. The van der Waals surface area contributed by atoms with E-state index >= 15 is 0 Å². The van der Waals surface area contributed by atoms with E-state index in [1.807, 2.05) is 6.07 Å². The van der Waals surface area contributed by atoms with E-state index in [1.165, 1.54) is 32.6 Å². The first-order valence-corrected chi connectivity index (χ1v) is 8.63. The first kappa shape index (κ1) is 16.3. The maximum Gasteiger partial charge on any atom is 0.0993 e. The standard InChI is InChI=1S/C16H24N4S/c1-14(2)20-9-7-19(8-10-20)6-3-11-21-16-12-15(13-17)4-5-18-16/h4-5,12,14H,3,6-11H2,1-2H3. The monoisotopic (exact) mass is 304 g/mol. The van der Waals surface area contributed by atoms with Crippen LogP contribution >= 0.6 is 11.8 Å². The summed E-state index contributed by atoms with van der Waals surface area (Å²) in [6.07, 6.45) is 2.89. The van der Waals surface area contributed by atoms with Crippen molar-refractivity contribution in [3.63, 3.8) is 0 Å². The van der Waals surface area contributed by atoms with Gasteiger partial charge >= 0.3 is 0 Å². The fourth-order valence-corrected chi connectivity index (χ4v) is 3.35. The van der Waals surface area contributed by atoms with E-state index in [0.29, 0.717) is 11.6 Å². The fourth-order valence-electron chi connectivity index (χ4n) is 2.53. The van der Waals surface area contributed by atoms with Crippen LogP contribution in [0, 0.1) is 11.3 Å². The molecule has 0 atom stereocenters. The van der Waals surface area contributed by atoms with E-state index in [2.05, 4.69) is 34.7 Å². The summed E-state index contributed by atoms with van der Waals surface area (Å²) in [7, 11) is 0. The van der Waals surface area contributed by atoms with Crippen molar-refractivity contribution in [3.8, 4) is 6.07 Å². The average Bonchev–Trinajstić information content (AvgIpc) is 2.52. The van der Waals surface area contributed by atoms with Gasteiger partial charge in [-0.3, -0.25) is 4.90 Å². The van der Waals surface area contributed by atoms with Crippen LogP contribution in [-0.4, -0.2) is 59.3 Å². The van der Waals surface area contributed by atoms with Gasteiger partial charge in [-0.15, -0.1) is 11.8 Å². The highest BCUT2D eigenvalue weighted by molar-refractivity contribution is 7.99. The summed E-state index contributed by atoms with van der Waals surface area (Å²) in [6.45, 7) is 10.5. The van der Waals surface area contributed by atoms with Crippen LogP contribution in [0.15, 0.2) is 23.4 Å². The van der Waals surface area contributed by atoms with Gasteiger partial charge in [0.2, 0.25) is 0 Å². The first-order chi connectivity index (χ1) is 10.2. The summed E-state index contributed by atoms with van der Waals surface area (Å²) in [4.78, 5) is 9.39. The lowest BCUT2D eigenvalue weighted by atomic mass is 10.2. The fraction of sp³-hybridized carbons (Fsp3) is 0.625. The summed E-state index contributed by atoms with van der Waals surface area (Å²) in [5.74, 6) is 1.06. The molecule has 1 fully saturated rings. The zero-order valence-electron chi connectivity index (χ0n) is 13.0. The minimum atomic E-state index is 0.668.